The van der Waals surface area contributed by atoms with Crippen LogP contribution in [-0.4, -0.2) is 4.98 Å². The smallest absolute Gasteiger partial charge is 0.155 e. The largest absolute Gasteiger partial charge is 0.396 e. The Morgan fingerprint density at radius 1 is 0.944 bits per heavy atom. The number of anilines is 3. The first kappa shape index (κ1) is 13.6. The number of benzene rings is 1. The first-order valence-corrected chi connectivity index (χ1v) is 6.32. The molecule has 0 bridgehead atoms. The van der Waals surface area contributed by atoms with Gasteiger partial charge in [0.05, 0.1) is 26.4 Å². The van der Waals surface area contributed by atoms with Gasteiger partial charge in [0.25, 0.3) is 0 Å². The van der Waals surface area contributed by atoms with Crippen molar-refractivity contribution in [1.29, 1.82) is 0 Å². The van der Waals surface area contributed by atoms with Gasteiger partial charge in [-0.05, 0) is 24.3 Å². The summed E-state index contributed by atoms with van der Waals surface area (Å²) in [6.07, 6.45) is 0. The highest BCUT2D eigenvalue weighted by molar-refractivity contribution is 6.44. The van der Waals surface area contributed by atoms with Crippen LogP contribution in [0.5, 0.6) is 0 Å². The molecule has 3 N–H and O–H groups in total. The maximum Gasteiger partial charge on any atom is 0.155 e. The molecule has 1 heterocycles. The number of halogens is 4. The van der Waals surface area contributed by atoms with E-state index in [-0.39, 0.29) is 0 Å². The summed E-state index contributed by atoms with van der Waals surface area (Å²) >= 11 is 23.6. The zero-order valence-corrected chi connectivity index (χ0v) is 11.9. The van der Waals surface area contributed by atoms with Crippen molar-refractivity contribution in [3.8, 4) is 0 Å². The van der Waals surface area contributed by atoms with Crippen LogP contribution < -0.4 is 11.1 Å². The summed E-state index contributed by atoms with van der Waals surface area (Å²) < 4.78 is 0. The second kappa shape index (κ2) is 5.41. The van der Waals surface area contributed by atoms with Gasteiger partial charge in [0.15, 0.2) is 5.82 Å². The Hall–Kier alpha value is -0.870. The second-order valence-electron chi connectivity index (χ2n) is 3.44. The normalized spacial score (nSPS) is 10.4. The molecule has 1 aromatic heterocycles. The number of nitrogen functional groups attached to an aromatic ring is 1. The summed E-state index contributed by atoms with van der Waals surface area (Å²) in [6, 6.07) is 6.37. The number of aromatic nitrogens is 1. The highest BCUT2D eigenvalue weighted by Gasteiger charge is 2.09. The maximum atomic E-state index is 6.04. The van der Waals surface area contributed by atoms with Crippen LogP contribution in [0.15, 0.2) is 24.3 Å². The SMILES string of the molecule is Nc1ccc(Cl)nc1Nc1cc(Cl)c(Cl)cc1Cl. The molecule has 0 atom stereocenters. The second-order valence-corrected chi connectivity index (χ2v) is 5.05. The van der Waals surface area contributed by atoms with E-state index in [9.17, 15) is 0 Å². The Morgan fingerprint density at radius 2 is 1.61 bits per heavy atom. The average molecular weight is 323 g/mol. The van der Waals surface area contributed by atoms with Gasteiger partial charge in [-0.2, -0.15) is 0 Å². The molecule has 7 heteroatoms. The molecule has 2 rings (SSSR count). The van der Waals surface area contributed by atoms with Crippen LogP contribution >= 0.6 is 46.4 Å². The van der Waals surface area contributed by atoms with E-state index in [0.29, 0.717) is 37.4 Å². The first-order valence-electron chi connectivity index (χ1n) is 4.81. The third kappa shape index (κ3) is 2.93. The molecule has 0 saturated carbocycles. The predicted molar refractivity (Wildman–Crippen MR) is 78.4 cm³/mol. The molecular weight excluding hydrogens is 316 g/mol. The molecule has 0 spiro atoms. The standard InChI is InChI=1S/C11H7Cl4N3/c12-5-3-7(14)9(4-6(5)13)17-11-8(16)1-2-10(15)18-11/h1-4H,16H2,(H,17,18). The predicted octanol–water partition coefficient (Wildman–Crippen LogP) is 5.02. The maximum absolute atomic E-state index is 6.04. The quantitative estimate of drug-likeness (QED) is 0.603. The Balaban J connectivity index is 2.40. The fourth-order valence-corrected chi connectivity index (χ4v) is 2.03. The highest BCUT2D eigenvalue weighted by Crippen LogP contribution is 2.34. The molecule has 0 aliphatic rings. The van der Waals surface area contributed by atoms with Crippen molar-refractivity contribution in [3.63, 3.8) is 0 Å². The summed E-state index contributed by atoms with van der Waals surface area (Å²) in [7, 11) is 0. The Labute approximate surface area is 124 Å². The lowest BCUT2D eigenvalue weighted by Crippen LogP contribution is -1.99. The van der Waals surface area contributed by atoms with Gasteiger partial charge in [0.1, 0.15) is 5.15 Å². The van der Waals surface area contributed by atoms with Crippen LogP contribution in [0.3, 0.4) is 0 Å². The minimum Gasteiger partial charge on any atom is -0.396 e. The Kier molecular flexibility index (Phi) is 4.07. The molecule has 0 aliphatic heterocycles. The fourth-order valence-electron chi connectivity index (χ4n) is 1.29. The van der Waals surface area contributed by atoms with Gasteiger partial charge in [-0.25, -0.2) is 4.98 Å². The van der Waals surface area contributed by atoms with Crippen LogP contribution in [0.1, 0.15) is 0 Å². The summed E-state index contributed by atoms with van der Waals surface area (Å²) in [6.45, 7) is 0. The van der Waals surface area contributed by atoms with Crippen LogP contribution in [0.4, 0.5) is 17.2 Å². The van der Waals surface area contributed by atoms with Crippen LogP contribution in [-0.2, 0) is 0 Å². The van der Waals surface area contributed by atoms with Gasteiger partial charge in [-0.3, -0.25) is 0 Å². The van der Waals surface area contributed by atoms with Gasteiger partial charge in [-0.1, -0.05) is 46.4 Å². The van der Waals surface area contributed by atoms with Gasteiger partial charge < -0.3 is 11.1 Å². The molecule has 94 valence electrons. The lowest BCUT2D eigenvalue weighted by molar-refractivity contribution is 1.31. The lowest BCUT2D eigenvalue weighted by atomic mass is 10.3. The van der Waals surface area contributed by atoms with Crippen molar-refractivity contribution in [1.82, 2.24) is 4.98 Å². The van der Waals surface area contributed by atoms with Gasteiger partial charge in [-0.15, -0.1) is 0 Å². The van der Waals surface area contributed by atoms with Crippen LogP contribution in [0.2, 0.25) is 20.2 Å². The van der Waals surface area contributed by atoms with E-state index in [4.69, 9.17) is 52.1 Å². The number of nitrogens with two attached hydrogens (primary N) is 1. The number of hydrogen-bond acceptors (Lipinski definition) is 3. The Morgan fingerprint density at radius 3 is 2.33 bits per heavy atom. The number of rotatable bonds is 2. The average Bonchev–Trinajstić information content (AvgIpc) is 2.30. The molecule has 2 aromatic rings. The summed E-state index contributed by atoms with van der Waals surface area (Å²) in [5, 5.41) is 4.44. The fraction of sp³-hybridized carbons (Fsp3) is 0. The van der Waals surface area contributed by atoms with Crippen molar-refractivity contribution in [2.45, 2.75) is 0 Å². The minimum absolute atomic E-state index is 0.322. The Bertz CT molecular complexity index is 601. The van der Waals surface area contributed by atoms with Crippen molar-refractivity contribution in [3.05, 3.63) is 44.5 Å². The third-order valence-electron chi connectivity index (χ3n) is 2.16. The molecule has 0 aliphatic carbocycles. The number of nitrogens with one attached hydrogen (secondary N) is 1. The number of pyridine rings is 1. The molecule has 18 heavy (non-hydrogen) atoms. The molecule has 0 fully saturated rings. The van der Waals surface area contributed by atoms with Crippen molar-refractivity contribution < 1.29 is 0 Å². The number of nitrogens with zero attached hydrogens (tertiary/aromatic N) is 1. The summed E-state index contributed by atoms with van der Waals surface area (Å²) in [5.41, 5.74) is 6.76. The first-order chi connectivity index (χ1) is 8.47. The molecule has 1 aromatic carbocycles. The molecular formula is C11H7Cl4N3. The molecule has 0 radical (unpaired) electrons. The van der Waals surface area contributed by atoms with E-state index >= 15 is 0 Å². The lowest BCUT2D eigenvalue weighted by Gasteiger charge is -2.11. The molecule has 0 saturated heterocycles. The van der Waals surface area contributed by atoms with E-state index in [1.165, 1.54) is 6.07 Å². The summed E-state index contributed by atoms with van der Waals surface area (Å²) in [4.78, 5) is 4.06. The minimum atomic E-state index is 0.322. The molecule has 3 nitrogen and oxygen atoms in total. The van der Waals surface area contributed by atoms with Crippen molar-refractivity contribution in [2.24, 2.45) is 0 Å². The summed E-state index contributed by atoms with van der Waals surface area (Å²) in [5.74, 6) is 0.405. The van der Waals surface area contributed by atoms with E-state index in [0.717, 1.165) is 0 Å². The third-order valence-corrected chi connectivity index (χ3v) is 3.40. The van der Waals surface area contributed by atoms with Crippen molar-refractivity contribution >= 4 is 63.6 Å². The van der Waals surface area contributed by atoms with E-state index in [1.807, 2.05) is 0 Å². The van der Waals surface area contributed by atoms with Gasteiger partial charge in [0, 0.05) is 0 Å². The van der Waals surface area contributed by atoms with Gasteiger partial charge >= 0.3 is 0 Å². The molecule has 0 unspecified atom stereocenters. The van der Waals surface area contributed by atoms with Crippen LogP contribution in [0, 0.1) is 0 Å². The molecule has 0 amide bonds. The number of hydrogen-bond donors (Lipinski definition) is 2. The van der Waals surface area contributed by atoms with Crippen LogP contribution in [0.25, 0.3) is 0 Å². The van der Waals surface area contributed by atoms with E-state index < -0.39 is 0 Å². The topological polar surface area (TPSA) is 50.9 Å². The monoisotopic (exact) mass is 321 g/mol. The van der Waals surface area contributed by atoms with E-state index in [2.05, 4.69) is 10.3 Å². The zero-order chi connectivity index (χ0) is 13.3. The van der Waals surface area contributed by atoms with Crippen molar-refractivity contribution in [2.75, 3.05) is 11.1 Å². The van der Waals surface area contributed by atoms with Gasteiger partial charge in [0.2, 0.25) is 0 Å². The zero-order valence-electron chi connectivity index (χ0n) is 8.85. The van der Waals surface area contributed by atoms with E-state index in [1.54, 1.807) is 18.2 Å². The highest BCUT2D eigenvalue weighted by atomic mass is 35.5.